The first-order valence-corrected chi connectivity index (χ1v) is 6.77. The Balaban J connectivity index is 0.000000200. The summed E-state index contributed by atoms with van der Waals surface area (Å²) in [5, 5.41) is 0. The summed E-state index contributed by atoms with van der Waals surface area (Å²) >= 11 is 0. The van der Waals surface area contributed by atoms with Crippen LogP contribution in [0.5, 0.6) is 0 Å². The van der Waals surface area contributed by atoms with Crippen LogP contribution in [-0.2, 0) is 0 Å². The van der Waals surface area contributed by atoms with Crippen molar-refractivity contribution < 1.29 is 0 Å². The van der Waals surface area contributed by atoms with Crippen LogP contribution < -0.4 is 11.1 Å². The van der Waals surface area contributed by atoms with Crippen molar-refractivity contribution in [1.29, 1.82) is 0 Å². The summed E-state index contributed by atoms with van der Waals surface area (Å²) in [6.07, 6.45) is 3.36. The molecule has 0 spiro atoms. The Hall–Kier alpha value is -2.10. The maximum absolute atomic E-state index is 10.7. The maximum atomic E-state index is 10.7. The van der Waals surface area contributed by atoms with Gasteiger partial charge >= 0.3 is 0 Å². The molecule has 0 aliphatic rings. The molecule has 2 rings (SSSR count). The van der Waals surface area contributed by atoms with E-state index in [1.54, 1.807) is 24.5 Å². The van der Waals surface area contributed by atoms with Gasteiger partial charge in [-0.2, -0.15) is 0 Å². The van der Waals surface area contributed by atoms with Crippen molar-refractivity contribution in [2.45, 2.75) is 39.5 Å². The fourth-order valence-electron chi connectivity index (χ4n) is 1.64. The molecule has 0 aliphatic heterocycles. The van der Waals surface area contributed by atoms with Gasteiger partial charge in [0.1, 0.15) is 0 Å². The molecule has 0 saturated carbocycles. The van der Waals surface area contributed by atoms with Gasteiger partial charge in [0, 0.05) is 24.5 Å². The largest absolute Gasteiger partial charge is 0.329 e. The molecule has 0 aromatic carbocycles. The lowest BCUT2D eigenvalue weighted by molar-refractivity contribution is 0.859. The molecule has 0 atom stereocenters. The Bertz CT molecular complexity index is 581. The second-order valence-corrected chi connectivity index (χ2v) is 5.28. The zero-order valence-electron chi connectivity index (χ0n) is 12.4. The quantitative estimate of drug-likeness (QED) is 0.884. The summed E-state index contributed by atoms with van der Waals surface area (Å²) in [5.74, 6) is 0.865. The molecular formula is C16H22N2O2. The molecule has 0 aliphatic carbocycles. The van der Waals surface area contributed by atoms with Crippen LogP contribution in [0, 0.1) is 0 Å². The predicted molar refractivity (Wildman–Crippen MR) is 82.3 cm³/mol. The topological polar surface area (TPSA) is 65.7 Å². The van der Waals surface area contributed by atoms with Gasteiger partial charge in [0.15, 0.2) is 0 Å². The standard InChI is InChI=1S/2C8H11NO/c2*1-6(2)7-3-4-9-8(10)5-7/h2*3-6H,1-2H3,(H,9,10). The number of aromatic amines is 2. The average molecular weight is 274 g/mol. The highest BCUT2D eigenvalue weighted by Gasteiger charge is 1.97. The number of rotatable bonds is 2. The molecule has 20 heavy (non-hydrogen) atoms. The van der Waals surface area contributed by atoms with E-state index in [0.29, 0.717) is 11.8 Å². The molecule has 0 amide bonds. The molecular weight excluding hydrogens is 252 g/mol. The normalized spacial score (nSPS) is 10.3. The van der Waals surface area contributed by atoms with Crippen LogP contribution in [0.15, 0.2) is 46.2 Å². The molecule has 0 unspecified atom stereocenters. The van der Waals surface area contributed by atoms with Crippen molar-refractivity contribution in [2.24, 2.45) is 0 Å². The van der Waals surface area contributed by atoms with Crippen LogP contribution in [-0.4, -0.2) is 9.97 Å². The van der Waals surface area contributed by atoms with Crippen molar-refractivity contribution in [3.63, 3.8) is 0 Å². The maximum Gasteiger partial charge on any atom is 0.248 e. The fourth-order valence-corrected chi connectivity index (χ4v) is 1.64. The summed E-state index contributed by atoms with van der Waals surface area (Å²) in [6.45, 7) is 8.26. The monoisotopic (exact) mass is 274 g/mol. The third-order valence-electron chi connectivity index (χ3n) is 2.93. The average Bonchev–Trinajstić information content (AvgIpc) is 2.39. The minimum Gasteiger partial charge on any atom is -0.329 e. The number of hydrogen-bond acceptors (Lipinski definition) is 2. The van der Waals surface area contributed by atoms with Crippen molar-refractivity contribution in [1.82, 2.24) is 9.97 Å². The van der Waals surface area contributed by atoms with Crippen LogP contribution in [0.25, 0.3) is 0 Å². The van der Waals surface area contributed by atoms with Crippen molar-refractivity contribution in [2.75, 3.05) is 0 Å². The van der Waals surface area contributed by atoms with E-state index in [2.05, 4.69) is 37.7 Å². The molecule has 2 heterocycles. The highest BCUT2D eigenvalue weighted by molar-refractivity contribution is 5.14. The molecule has 108 valence electrons. The minimum atomic E-state index is -0.0220. The smallest absolute Gasteiger partial charge is 0.248 e. The van der Waals surface area contributed by atoms with Crippen molar-refractivity contribution in [3.8, 4) is 0 Å². The summed E-state index contributed by atoms with van der Waals surface area (Å²) in [6, 6.07) is 7.10. The van der Waals surface area contributed by atoms with E-state index in [4.69, 9.17) is 0 Å². The van der Waals surface area contributed by atoms with Crippen molar-refractivity contribution >= 4 is 0 Å². The molecule has 4 nitrogen and oxygen atoms in total. The predicted octanol–water partition coefficient (Wildman–Crippen LogP) is 3.00. The third kappa shape index (κ3) is 5.26. The Labute approximate surface area is 118 Å². The van der Waals surface area contributed by atoms with E-state index in [-0.39, 0.29) is 11.1 Å². The molecule has 0 radical (unpaired) electrons. The summed E-state index contributed by atoms with van der Waals surface area (Å²) in [5.41, 5.74) is 2.13. The Morgan fingerprint density at radius 3 is 1.30 bits per heavy atom. The lowest BCUT2D eigenvalue weighted by Gasteiger charge is -2.01. The lowest BCUT2D eigenvalue weighted by atomic mass is 10.1. The molecule has 4 heteroatoms. The van der Waals surface area contributed by atoms with E-state index in [0.717, 1.165) is 11.1 Å². The summed E-state index contributed by atoms with van der Waals surface area (Å²) < 4.78 is 0. The zero-order valence-corrected chi connectivity index (χ0v) is 12.4. The van der Waals surface area contributed by atoms with Gasteiger partial charge in [0.25, 0.3) is 0 Å². The van der Waals surface area contributed by atoms with Gasteiger partial charge in [0.05, 0.1) is 0 Å². The van der Waals surface area contributed by atoms with Gasteiger partial charge in [-0.25, -0.2) is 0 Å². The van der Waals surface area contributed by atoms with Gasteiger partial charge in [-0.05, 0) is 35.1 Å². The number of nitrogens with one attached hydrogen (secondary N) is 2. The molecule has 0 bridgehead atoms. The highest BCUT2D eigenvalue weighted by atomic mass is 16.1. The number of hydrogen-bond donors (Lipinski definition) is 2. The number of aromatic nitrogens is 2. The Morgan fingerprint density at radius 2 is 1.10 bits per heavy atom. The lowest BCUT2D eigenvalue weighted by Crippen LogP contribution is -2.04. The number of H-pyrrole nitrogens is 2. The van der Waals surface area contributed by atoms with E-state index >= 15 is 0 Å². The first-order valence-electron chi connectivity index (χ1n) is 6.77. The van der Waals surface area contributed by atoms with E-state index in [9.17, 15) is 9.59 Å². The van der Waals surface area contributed by atoms with E-state index in [1.807, 2.05) is 12.1 Å². The van der Waals surface area contributed by atoms with E-state index in [1.165, 1.54) is 0 Å². The molecule has 2 aromatic rings. The van der Waals surface area contributed by atoms with Gasteiger partial charge in [-0.1, -0.05) is 27.7 Å². The van der Waals surface area contributed by atoms with Crippen LogP contribution in [0.3, 0.4) is 0 Å². The first-order chi connectivity index (χ1) is 9.40. The molecule has 2 aromatic heterocycles. The zero-order chi connectivity index (χ0) is 15.1. The van der Waals surface area contributed by atoms with Crippen LogP contribution >= 0.6 is 0 Å². The van der Waals surface area contributed by atoms with Crippen LogP contribution in [0.1, 0.15) is 50.7 Å². The first kappa shape index (κ1) is 16.0. The van der Waals surface area contributed by atoms with Gasteiger partial charge in [0.2, 0.25) is 11.1 Å². The molecule has 2 N–H and O–H groups in total. The van der Waals surface area contributed by atoms with Crippen molar-refractivity contribution in [3.05, 3.63) is 68.5 Å². The van der Waals surface area contributed by atoms with Gasteiger partial charge in [-0.15, -0.1) is 0 Å². The molecule has 0 fully saturated rings. The SMILES string of the molecule is CC(C)c1cc[nH]c(=O)c1.CC(C)c1cc[nH]c(=O)c1. The Morgan fingerprint density at radius 1 is 0.750 bits per heavy atom. The minimum absolute atomic E-state index is 0.0220. The summed E-state index contributed by atoms with van der Waals surface area (Å²) in [4.78, 5) is 26.6. The van der Waals surface area contributed by atoms with Crippen LogP contribution in [0.2, 0.25) is 0 Å². The van der Waals surface area contributed by atoms with Gasteiger partial charge in [-0.3, -0.25) is 9.59 Å². The summed E-state index contributed by atoms with van der Waals surface area (Å²) in [7, 11) is 0. The highest BCUT2D eigenvalue weighted by Crippen LogP contribution is 2.09. The van der Waals surface area contributed by atoms with E-state index < -0.39 is 0 Å². The van der Waals surface area contributed by atoms with Gasteiger partial charge < -0.3 is 9.97 Å². The van der Waals surface area contributed by atoms with Crippen LogP contribution in [0.4, 0.5) is 0 Å². The molecule has 0 saturated heterocycles. The second kappa shape index (κ2) is 7.48. The number of pyridine rings is 2. The second-order valence-electron chi connectivity index (χ2n) is 5.28. The third-order valence-corrected chi connectivity index (χ3v) is 2.93. The Kier molecular flexibility index (Phi) is 5.97. The fraction of sp³-hybridized carbons (Fsp3) is 0.375.